The van der Waals surface area contributed by atoms with E-state index in [0.29, 0.717) is 24.6 Å². The smallest absolute Gasteiger partial charge is 0.188 e. The molecule has 0 saturated heterocycles. The number of nitrogens with one attached hydrogen (secondary N) is 1. The maximum absolute atomic E-state index is 7.39. The zero-order valence-electron chi connectivity index (χ0n) is 17.3. The standard InChI is InChI=1S/C24H21ClN6/c1-16-6-7-17(11-22(16)25)14-28-23-21-12-19(26-2)8-9-20(21)24(30-29-23)31(3)15-18-5-4-10-27-13-18/h4-13H,14-15H2,1,3H3,(H,28,29). The Morgan fingerprint density at radius 1 is 1.06 bits per heavy atom. The summed E-state index contributed by atoms with van der Waals surface area (Å²) in [5, 5.41) is 14.8. The zero-order chi connectivity index (χ0) is 21.8. The Labute approximate surface area is 186 Å². The van der Waals surface area contributed by atoms with Gasteiger partial charge >= 0.3 is 0 Å². The molecule has 2 aromatic carbocycles. The maximum Gasteiger partial charge on any atom is 0.188 e. The number of fused-ring (bicyclic) bond motifs is 1. The summed E-state index contributed by atoms with van der Waals surface area (Å²) in [5.41, 5.74) is 3.72. The second-order valence-electron chi connectivity index (χ2n) is 7.37. The molecule has 2 heterocycles. The van der Waals surface area contributed by atoms with E-state index in [-0.39, 0.29) is 0 Å². The van der Waals surface area contributed by atoms with Crippen molar-refractivity contribution >= 4 is 39.7 Å². The topological polar surface area (TPSA) is 58.3 Å². The van der Waals surface area contributed by atoms with Gasteiger partial charge in [0.05, 0.1) is 6.57 Å². The summed E-state index contributed by atoms with van der Waals surface area (Å²) in [6.07, 6.45) is 3.60. The third-order valence-corrected chi connectivity index (χ3v) is 5.48. The Morgan fingerprint density at radius 3 is 2.68 bits per heavy atom. The molecule has 0 saturated carbocycles. The van der Waals surface area contributed by atoms with Gasteiger partial charge in [-0.05, 0) is 41.8 Å². The van der Waals surface area contributed by atoms with Crippen LogP contribution in [0.4, 0.5) is 17.3 Å². The lowest BCUT2D eigenvalue weighted by Crippen LogP contribution is -2.19. The van der Waals surface area contributed by atoms with E-state index in [4.69, 9.17) is 18.2 Å². The maximum atomic E-state index is 7.39. The molecule has 0 fully saturated rings. The molecule has 4 aromatic rings. The van der Waals surface area contributed by atoms with E-state index >= 15 is 0 Å². The number of halogens is 1. The largest absolute Gasteiger partial charge is 0.364 e. The first kappa shape index (κ1) is 20.6. The minimum atomic E-state index is 0.552. The van der Waals surface area contributed by atoms with Crippen LogP contribution in [0.1, 0.15) is 16.7 Å². The van der Waals surface area contributed by atoms with Crippen molar-refractivity contribution in [3.05, 3.63) is 94.1 Å². The van der Waals surface area contributed by atoms with Gasteiger partial charge in [-0.15, -0.1) is 10.2 Å². The Bertz CT molecular complexity index is 1270. The zero-order valence-corrected chi connectivity index (χ0v) is 18.1. The number of nitrogens with zero attached hydrogens (tertiary/aromatic N) is 5. The van der Waals surface area contributed by atoms with Crippen LogP contribution in [-0.2, 0) is 13.1 Å². The van der Waals surface area contributed by atoms with Crippen molar-refractivity contribution < 1.29 is 0 Å². The molecule has 6 nitrogen and oxygen atoms in total. The molecule has 0 bridgehead atoms. The van der Waals surface area contributed by atoms with Crippen LogP contribution in [-0.4, -0.2) is 22.2 Å². The van der Waals surface area contributed by atoms with Crippen LogP contribution < -0.4 is 10.2 Å². The predicted molar refractivity (Wildman–Crippen MR) is 126 cm³/mol. The van der Waals surface area contributed by atoms with Gasteiger partial charge < -0.3 is 10.2 Å². The van der Waals surface area contributed by atoms with E-state index in [2.05, 4.69) is 25.3 Å². The molecule has 0 unspecified atom stereocenters. The molecular formula is C24H21ClN6. The van der Waals surface area contributed by atoms with Crippen LogP contribution in [0.5, 0.6) is 0 Å². The van der Waals surface area contributed by atoms with Crippen LogP contribution in [0.15, 0.2) is 60.9 Å². The van der Waals surface area contributed by atoms with Gasteiger partial charge in [0.2, 0.25) is 0 Å². The van der Waals surface area contributed by atoms with Gasteiger partial charge in [-0.2, -0.15) is 0 Å². The minimum Gasteiger partial charge on any atom is -0.364 e. The highest BCUT2D eigenvalue weighted by atomic mass is 35.5. The van der Waals surface area contributed by atoms with Crippen molar-refractivity contribution in [1.29, 1.82) is 0 Å². The molecular weight excluding hydrogens is 408 g/mol. The summed E-state index contributed by atoms with van der Waals surface area (Å²) < 4.78 is 0. The van der Waals surface area contributed by atoms with Crippen molar-refractivity contribution in [3.63, 3.8) is 0 Å². The van der Waals surface area contributed by atoms with Gasteiger partial charge in [0.1, 0.15) is 0 Å². The fourth-order valence-electron chi connectivity index (χ4n) is 3.38. The molecule has 4 rings (SSSR count). The summed E-state index contributed by atoms with van der Waals surface area (Å²) >= 11 is 6.25. The lowest BCUT2D eigenvalue weighted by atomic mass is 10.1. The highest BCUT2D eigenvalue weighted by Gasteiger charge is 2.14. The molecule has 31 heavy (non-hydrogen) atoms. The summed E-state index contributed by atoms with van der Waals surface area (Å²) in [5.74, 6) is 1.38. The third-order valence-electron chi connectivity index (χ3n) is 5.07. The number of aryl methyl sites for hydroxylation is 1. The molecule has 0 aliphatic carbocycles. The fourth-order valence-corrected chi connectivity index (χ4v) is 3.59. The normalized spacial score (nSPS) is 10.6. The average Bonchev–Trinajstić information content (AvgIpc) is 2.79. The first-order valence-electron chi connectivity index (χ1n) is 9.82. The van der Waals surface area contributed by atoms with Crippen LogP contribution in [0.3, 0.4) is 0 Å². The van der Waals surface area contributed by atoms with Crippen LogP contribution in [0.25, 0.3) is 15.6 Å². The average molecular weight is 429 g/mol. The minimum absolute atomic E-state index is 0.552. The van der Waals surface area contributed by atoms with Gasteiger partial charge in [0.25, 0.3) is 0 Å². The lowest BCUT2D eigenvalue weighted by Gasteiger charge is -2.20. The summed E-state index contributed by atoms with van der Waals surface area (Å²) in [6.45, 7) is 10.6. The Kier molecular flexibility index (Phi) is 5.96. The SMILES string of the molecule is [C-]#[N+]c1ccc2c(N(C)Cc3cccnc3)nnc(NCc3ccc(C)c(Cl)c3)c2c1. The molecule has 154 valence electrons. The first-order chi connectivity index (χ1) is 15.0. The Morgan fingerprint density at radius 2 is 1.94 bits per heavy atom. The van der Waals surface area contributed by atoms with E-state index < -0.39 is 0 Å². The van der Waals surface area contributed by atoms with Crippen molar-refractivity contribution in [2.45, 2.75) is 20.0 Å². The van der Waals surface area contributed by atoms with Crippen molar-refractivity contribution in [1.82, 2.24) is 15.2 Å². The number of rotatable bonds is 6. The number of hydrogen-bond donors (Lipinski definition) is 1. The second-order valence-corrected chi connectivity index (χ2v) is 7.78. The molecule has 1 N–H and O–H groups in total. The second kappa shape index (κ2) is 8.99. The molecule has 0 aliphatic rings. The van der Waals surface area contributed by atoms with E-state index in [0.717, 1.165) is 38.3 Å². The van der Waals surface area contributed by atoms with Gasteiger partial charge in [-0.3, -0.25) is 4.98 Å². The first-order valence-corrected chi connectivity index (χ1v) is 10.2. The monoisotopic (exact) mass is 428 g/mol. The number of pyridine rings is 1. The van der Waals surface area contributed by atoms with Gasteiger partial charge in [-0.1, -0.05) is 41.9 Å². The Balaban J connectivity index is 1.67. The number of anilines is 2. The molecule has 0 radical (unpaired) electrons. The number of benzene rings is 2. The highest BCUT2D eigenvalue weighted by molar-refractivity contribution is 6.31. The van der Waals surface area contributed by atoms with E-state index in [9.17, 15) is 0 Å². The summed E-state index contributed by atoms with van der Waals surface area (Å²) in [7, 11) is 1.97. The van der Waals surface area contributed by atoms with Crippen LogP contribution >= 0.6 is 11.6 Å². The van der Waals surface area contributed by atoms with E-state index in [1.165, 1.54) is 0 Å². The van der Waals surface area contributed by atoms with Crippen molar-refractivity contribution in [2.24, 2.45) is 0 Å². The number of aromatic nitrogens is 3. The summed E-state index contributed by atoms with van der Waals surface area (Å²) in [4.78, 5) is 9.79. The van der Waals surface area contributed by atoms with Gasteiger partial charge in [0.15, 0.2) is 17.3 Å². The van der Waals surface area contributed by atoms with E-state index in [1.807, 2.05) is 73.6 Å². The molecule has 2 aromatic heterocycles. The molecule has 7 heteroatoms. The molecule has 0 spiro atoms. The fraction of sp³-hybridized carbons (Fsp3) is 0.167. The van der Waals surface area contributed by atoms with E-state index in [1.54, 1.807) is 6.20 Å². The van der Waals surface area contributed by atoms with Crippen LogP contribution in [0.2, 0.25) is 5.02 Å². The predicted octanol–water partition coefficient (Wildman–Crippen LogP) is 5.79. The molecule has 0 atom stereocenters. The van der Waals surface area contributed by atoms with Crippen molar-refractivity contribution in [3.8, 4) is 0 Å². The quantitative estimate of drug-likeness (QED) is 0.394. The lowest BCUT2D eigenvalue weighted by molar-refractivity contribution is 0.870. The molecule has 0 amide bonds. The van der Waals surface area contributed by atoms with Crippen molar-refractivity contribution in [2.75, 3.05) is 17.3 Å². The van der Waals surface area contributed by atoms with Gasteiger partial charge in [-0.25, -0.2) is 4.85 Å². The van der Waals surface area contributed by atoms with Crippen LogP contribution in [0, 0.1) is 13.5 Å². The van der Waals surface area contributed by atoms with Gasteiger partial charge in [0, 0.05) is 48.3 Å². The Hall–Kier alpha value is -3.69. The molecule has 0 aliphatic heterocycles. The highest BCUT2D eigenvalue weighted by Crippen LogP contribution is 2.32. The number of hydrogen-bond acceptors (Lipinski definition) is 5. The third kappa shape index (κ3) is 4.57. The summed E-state index contributed by atoms with van der Waals surface area (Å²) in [6, 6.07) is 15.5.